The van der Waals surface area contributed by atoms with Crippen molar-refractivity contribution < 1.29 is 9.90 Å². The van der Waals surface area contributed by atoms with Crippen molar-refractivity contribution in [2.24, 2.45) is 0 Å². The normalized spacial score (nSPS) is 10.4. The van der Waals surface area contributed by atoms with Gasteiger partial charge in [0, 0.05) is 11.6 Å². The number of rotatable bonds is 8. The van der Waals surface area contributed by atoms with E-state index in [4.69, 9.17) is 11.6 Å². The maximum Gasteiger partial charge on any atom is 0.255 e. The predicted octanol–water partition coefficient (Wildman–Crippen LogP) is 3.70. The summed E-state index contributed by atoms with van der Waals surface area (Å²) in [6, 6.07) is 4.46. The highest BCUT2D eigenvalue weighted by Crippen LogP contribution is 2.21. The van der Waals surface area contributed by atoms with Gasteiger partial charge in [0.05, 0.1) is 5.56 Å². The summed E-state index contributed by atoms with van der Waals surface area (Å²) in [7, 11) is 0. The summed E-state index contributed by atoms with van der Waals surface area (Å²) in [5.41, 5.74) is 0.231. The van der Waals surface area contributed by atoms with Crippen LogP contribution in [0.15, 0.2) is 18.2 Å². The van der Waals surface area contributed by atoms with E-state index in [2.05, 4.69) is 11.6 Å². The molecule has 0 heterocycles. The third-order valence-electron chi connectivity index (χ3n) is 2.76. The highest BCUT2D eigenvalue weighted by atomic mass is 35.5. The number of amides is 1. The lowest BCUT2D eigenvalue weighted by Crippen LogP contribution is -2.24. The Bertz CT molecular complexity index is 412. The number of carbonyl (C=O) groups is 1. The van der Waals surface area contributed by atoms with Crippen LogP contribution in [0.25, 0.3) is 0 Å². The first-order valence-corrected chi connectivity index (χ1v) is 8.18. The summed E-state index contributed by atoms with van der Waals surface area (Å²) in [5, 5.41) is 12.8. The van der Waals surface area contributed by atoms with Crippen LogP contribution in [-0.4, -0.2) is 29.6 Å². The second kappa shape index (κ2) is 9.10. The molecule has 0 saturated heterocycles. The Labute approximate surface area is 123 Å². The zero-order valence-electron chi connectivity index (χ0n) is 11.1. The topological polar surface area (TPSA) is 49.3 Å². The van der Waals surface area contributed by atoms with Gasteiger partial charge in [-0.2, -0.15) is 11.8 Å². The molecular formula is C14H20ClNO2S. The molecule has 0 bridgehead atoms. The second-order valence-corrected chi connectivity index (χ2v) is 5.75. The first kappa shape index (κ1) is 16.2. The number of aromatic hydroxyl groups is 1. The minimum atomic E-state index is -0.274. The molecule has 1 aromatic carbocycles. The Morgan fingerprint density at radius 1 is 1.32 bits per heavy atom. The van der Waals surface area contributed by atoms with Gasteiger partial charge in [0.1, 0.15) is 5.75 Å². The van der Waals surface area contributed by atoms with Gasteiger partial charge in [-0.15, -0.1) is 0 Å². The van der Waals surface area contributed by atoms with Gasteiger partial charge in [-0.3, -0.25) is 4.79 Å². The molecule has 0 unspecified atom stereocenters. The quantitative estimate of drug-likeness (QED) is 0.720. The zero-order chi connectivity index (χ0) is 14.1. The molecule has 0 saturated carbocycles. The Morgan fingerprint density at radius 2 is 2.05 bits per heavy atom. The average molecular weight is 302 g/mol. The standard InChI is InChI=1S/C14H20ClNO2S/c1-19-9-5-3-2-4-8-16-14(18)12-10-11(15)6-7-13(12)17/h6-7,10,17H,2-5,8-9H2,1H3,(H,16,18). The van der Waals surface area contributed by atoms with Crippen LogP contribution < -0.4 is 5.32 Å². The minimum absolute atomic E-state index is 0.0399. The van der Waals surface area contributed by atoms with Gasteiger partial charge in [0.25, 0.3) is 5.91 Å². The summed E-state index contributed by atoms with van der Waals surface area (Å²) in [4.78, 5) is 11.8. The minimum Gasteiger partial charge on any atom is -0.507 e. The molecule has 106 valence electrons. The maximum atomic E-state index is 11.8. The lowest BCUT2D eigenvalue weighted by atomic mass is 10.1. The Morgan fingerprint density at radius 3 is 2.79 bits per heavy atom. The van der Waals surface area contributed by atoms with Gasteiger partial charge in [0.15, 0.2) is 0 Å². The summed E-state index contributed by atoms with van der Waals surface area (Å²) in [5.74, 6) is 0.883. The van der Waals surface area contributed by atoms with Crippen LogP contribution in [0.2, 0.25) is 5.02 Å². The van der Waals surface area contributed by atoms with E-state index in [0.29, 0.717) is 11.6 Å². The van der Waals surface area contributed by atoms with Crippen molar-refractivity contribution in [3.8, 4) is 5.75 Å². The van der Waals surface area contributed by atoms with Crippen LogP contribution in [0.1, 0.15) is 36.0 Å². The van der Waals surface area contributed by atoms with E-state index in [1.807, 2.05) is 11.8 Å². The smallest absolute Gasteiger partial charge is 0.255 e. The first-order chi connectivity index (χ1) is 9.15. The summed E-state index contributed by atoms with van der Waals surface area (Å²) >= 11 is 7.66. The van der Waals surface area contributed by atoms with E-state index < -0.39 is 0 Å². The largest absolute Gasteiger partial charge is 0.507 e. The highest BCUT2D eigenvalue weighted by Gasteiger charge is 2.10. The fourth-order valence-electron chi connectivity index (χ4n) is 1.71. The average Bonchev–Trinajstić information content (AvgIpc) is 2.40. The van der Waals surface area contributed by atoms with Crippen LogP contribution in [0.4, 0.5) is 0 Å². The molecule has 0 atom stereocenters. The molecule has 0 aliphatic carbocycles. The van der Waals surface area contributed by atoms with Crippen LogP contribution in [0.5, 0.6) is 5.75 Å². The number of benzene rings is 1. The number of halogens is 1. The van der Waals surface area contributed by atoms with E-state index in [0.717, 1.165) is 12.8 Å². The van der Waals surface area contributed by atoms with Crippen molar-refractivity contribution in [2.75, 3.05) is 18.6 Å². The van der Waals surface area contributed by atoms with Crippen LogP contribution >= 0.6 is 23.4 Å². The van der Waals surface area contributed by atoms with E-state index in [1.165, 1.54) is 30.7 Å². The Hall–Kier alpha value is -0.870. The van der Waals surface area contributed by atoms with Crippen molar-refractivity contribution in [3.63, 3.8) is 0 Å². The molecule has 0 spiro atoms. The van der Waals surface area contributed by atoms with Crippen molar-refractivity contribution in [1.29, 1.82) is 0 Å². The summed E-state index contributed by atoms with van der Waals surface area (Å²) < 4.78 is 0. The molecule has 0 aliphatic rings. The number of hydrogen-bond acceptors (Lipinski definition) is 3. The number of unbranched alkanes of at least 4 members (excludes halogenated alkanes) is 3. The number of carbonyl (C=O) groups excluding carboxylic acids is 1. The first-order valence-electron chi connectivity index (χ1n) is 6.41. The molecule has 5 heteroatoms. The van der Waals surface area contributed by atoms with Gasteiger partial charge >= 0.3 is 0 Å². The SMILES string of the molecule is CSCCCCCCNC(=O)c1cc(Cl)ccc1O. The second-order valence-electron chi connectivity index (χ2n) is 4.32. The Balaban J connectivity index is 2.26. The number of phenolic OH excluding ortho intramolecular Hbond substituents is 1. The van der Waals surface area contributed by atoms with Gasteiger partial charge < -0.3 is 10.4 Å². The van der Waals surface area contributed by atoms with Crippen molar-refractivity contribution in [2.45, 2.75) is 25.7 Å². The maximum absolute atomic E-state index is 11.8. The highest BCUT2D eigenvalue weighted by molar-refractivity contribution is 7.98. The lowest BCUT2D eigenvalue weighted by molar-refractivity contribution is 0.0950. The van der Waals surface area contributed by atoms with Crippen LogP contribution in [-0.2, 0) is 0 Å². The summed E-state index contributed by atoms with van der Waals surface area (Å²) in [6.45, 7) is 0.629. The number of phenols is 1. The fourth-order valence-corrected chi connectivity index (χ4v) is 2.38. The van der Waals surface area contributed by atoms with E-state index >= 15 is 0 Å². The molecule has 0 radical (unpaired) electrons. The molecule has 2 N–H and O–H groups in total. The van der Waals surface area contributed by atoms with E-state index in [1.54, 1.807) is 6.07 Å². The molecule has 1 aromatic rings. The molecule has 1 amide bonds. The number of thioether (sulfide) groups is 1. The molecular weight excluding hydrogens is 282 g/mol. The van der Waals surface area contributed by atoms with Gasteiger partial charge in [-0.25, -0.2) is 0 Å². The molecule has 19 heavy (non-hydrogen) atoms. The third kappa shape index (κ3) is 6.21. The molecule has 0 aliphatic heterocycles. The van der Waals surface area contributed by atoms with Crippen LogP contribution in [0.3, 0.4) is 0 Å². The van der Waals surface area contributed by atoms with Gasteiger partial charge in [0.2, 0.25) is 0 Å². The van der Waals surface area contributed by atoms with Gasteiger partial charge in [-0.1, -0.05) is 24.4 Å². The monoisotopic (exact) mass is 301 g/mol. The fraction of sp³-hybridized carbons (Fsp3) is 0.500. The third-order valence-corrected chi connectivity index (χ3v) is 3.70. The lowest BCUT2D eigenvalue weighted by Gasteiger charge is -2.07. The molecule has 3 nitrogen and oxygen atoms in total. The molecule has 0 aromatic heterocycles. The molecule has 1 rings (SSSR count). The van der Waals surface area contributed by atoms with Crippen molar-refractivity contribution in [1.82, 2.24) is 5.32 Å². The number of nitrogens with one attached hydrogen (secondary N) is 1. The van der Waals surface area contributed by atoms with Gasteiger partial charge in [-0.05, 0) is 43.0 Å². The Kier molecular flexibility index (Phi) is 7.75. The molecule has 0 fully saturated rings. The van der Waals surface area contributed by atoms with Crippen molar-refractivity contribution >= 4 is 29.3 Å². The number of hydrogen-bond donors (Lipinski definition) is 2. The van der Waals surface area contributed by atoms with E-state index in [-0.39, 0.29) is 17.2 Å². The summed E-state index contributed by atoms with van der Waals surface area (Å²) in [6.07, 6.45) is 6.60. The van der Waals surface area contributed by atoms with Crippen molar-refractivity contribution in [3.05, 3.63) is 28.8 Å². The van der Waals surface area contributed by atoms with E-state index in [9.17, 15) is 9.90 Å². The predicted molar refractivity (Wildman–Crippen MR) is 82.3 cm³/mol. The van der Waals surface area contributed by atoms with Crippen LogP contribution in [0, 0.1) is 0 Å². The zero-order valence-corrected chi connectivity index (χ0v) is 12.7.